The van der Waals surface area contributed by atoms with Crippen LogP contribution in [-0.4, -0.2) is 16.9 Å². The zero-order valence-electron chi connectivity index (χ0n) is 5.05. The molecule has 0 N–H and O–H groups in total. The molecule has 0 spiro atoms. The lowest BCUT2D eigenvalue weighted by molar-refractivity contribution is -0.0903. The summed E-state index contributed by atoms with van der Waals surface area (Å²) < 4.78 is 38.8. The van der Waals surface area contributed by atoms with Crippen LogP contribution in [0.3, 0.4) is 0 Å². The molecule has 0 amide bonds. The molecule has 6 heteroatoms. The third kappa shape index (κ3) is 1.57. The van der Waals surface area contributed by atoms with E-state index in [9.17, 15) is 18.0 Å². The fourth-order valence-corrected chi connectivity index (χ4v) is 0.457. The number of carbonyl (C=O) groups excluding carboxylic acids is 1. The van der Waals surface area contributed by atoms with Gasteiger partial charge in [0.2, 0.25) is 0 Å². The van der Waals surface area contributed by atoms with E-state index in [1.165, 1.54) is 0 Å². The Morgan fingerprint density at radius 1 is 1.55 bits per heavy atom. The molecule has 0 bridgehead atoms. The van der Waals surface area contributed by atoms with Gasteiger partial charge in [-0.05, 0) is 0 Å². The minimum Gasteiger partial charge on any atom is -0.442 e. The Morgan fingerprint density at radius 2 is 2.18 bits per heavy atom. The van der Waals surface area contributed by atoms with Gasteiger partial charge in [0, 0.05) is 0 Å². The average Bonchev–Trinajstić information content (AvgIpc) is 2.34. The Kier molecular flexibility index (Phi) is 1.67. The van der Waals surface area contributed by atoms with Gasteiger partial charge < -0.3 is 4.42 Å². The van der Waals surface area contributed by atoms with Crippen LogP contribution in [0.2, 0.25) is 0 Å². The van der Waals surface area contributed by atoms with Gasteiger partial charge in [-0.25, -0.2) is 4.98 Å². The molecule has 0 unspecified atom stereocenters. The second kappa shape index (κ2) is 2.37. The summed E-state index contributed by atoms with van der Waals surface area (Å²) in [4.78, 5) is 13.3. The molecule has 0 saturated heterocycles. The van der Waals surface area contributed by atoms with Gasteiger partial charge in [-0.1, -0.05) is 0 Å². The van der Waals surface area contributed by atoms with E-state index in [0.717, 1.165) is 12.5 Å². The van der Waals surface area contributed by atoms with Crippen molar-refractivity contribution < 1.29 is 22.4 Å². The third-order valence-corrected chi connectivity index (χ3v) is 0.884. The molecule has 0 aromatic carbocycles. The number of alkyl halides is 3. The van der Waals surface area contributed by atoms with Crippen LogP contribution >= 0.6 is 0 Å². The van der Waals surface area contributed by atoms with Gasteiger partial charge in [-0.3, -0.25) is 4.79 Å². The van der Waals surface area contributed by atoms with E-state index >= 15 is 0 Å². The van der Waals surface area contributed by atoms with E-state index in [-0.39, 0.29) is 0 Å². The van der Waals surface area contributed by atoms with Crippen molar-refractivity contribution in [3.8, 4) is 0 Å². The lowest BCUT2D eigenvalue weighted by atomic mass is 10.4. The van der Waals surface area contributed by atoms with Gasteiger partial charge in [0.25, 0.3) is 5.89 Å². The van der Waals surface area contributed by atoms with Crippen molar-refractivity contribution >= 4 is 5.78 Å². The van der Waals surface area contributed by atoms with Gasteiger partial charge in [0.1, 0.15) is 6.26 Å². The second-order valence-corrected chi connectivity index (χ2v) is 1.66. The van der Waals surface area contributed by atoms with Crippen LogP contribution in [0.1, 0.15) is 10.7 Å². The Hall–Kier alpha value is -1.33. The van der Waals surface area contributed by atoms with Crippen molar-refractivity contribution in [1.29, 1.82) is 0 Å². The number of rotatable bonds is 1. The maximum absolute atomic E-state index is 11.6. The maximum atomic E-state index is 11.6. The highest BCUT2D eigenvalue weighted by Gasteiger charge is 2.42. The molecular weight excluding hydrogens is 163 g/mol. The Bertz CT molecular complexity index is 251. The number of hydrogen-bond acceptors (Lipinski definition) is 3. The highest BCUT2D eigenvalue weighted by molar-refractivity contribution is 5.96. The topological polar surface area (TPSA) is 43.1 Å². The predicted octanol–water partition coefficient (Wildman–Crippen LogP) is 1.42. The summed E-state index contributed by atoms with van der Waals surface area (Å²) in [6.45, 7) is 0. The van der Waals surface area contributed by atoms with Gasteiger partial charge in [0.15, 0.2) is 0 Å². The van der Waals surface area contributed by atoms with Crippen molar-refractivity contribution in [1.82, 2.24) is 4.98 Å². The number of Topliss-reactive ketones (excluding diaryl/α,β-unsaturated/α-hetero) is 1. The molecule has 0 aliphatic carbocycles. The van der Waals surface area contributed by atoms with Crippen molar-refractivity contribution in [2.24, 2.45) is 0 Å². The van der Waals surface area contributed by atoms with E-state index in [1.54, 1.807) is 0 Å². The number of oxazole rings is 1. The molecule has 0 atom stereocenters. The van der Waals surface area contributed by atoms with Gasteiger partial charge in [-0.2, -0.15) is 13.2 Å². The Labute approximate surface area is 58.8 Å². The lowest BCUT2D eigenvalue weighted by Crippen LogP contribution is -2.22. The molecule has 60 valence electrons. The van der Waals surface area contributed by atoms with Crippen molar-refractivity contribution in [3.63, 3.8) is 0 Å². The van der Waals surface area contributed by atoms with E-state index < -0.39 is 17.9 Å². The first-order valence-electron chi connectivity index (χ1n) is 2.53. The molecule has 0 radical (unpaired) electrons. The van der Waals surface area contributed by atoms with E-state index in [4.69, 9.17) is 0 Å². The fourth-order valence-electron chi connectivity index (χ4n) is 0.457. The molecule has 0 aliphatic heterocycles. The van der Waals surface area contributed by atoms with Crippen LogP contribution in [0.4, 0.5) is 13.2 Å². The summed E-state index contributed by atoms with van der Waals surface area (Å²) in [6.07, 6.45) is -3.04. The zero-order chi connectivity index (χ0) is 8.48. The second-order valence-electron chi connectivity index (χ2n) is 1.66. The molecule has 1 rings (SSSR count). The van der Waals surface area contributed by atoms with Crippen LogP contribution < -0.4 is 0 Å². The van der Waals surface area contributed by atoms with Crippen LogP contribution in [0.15, 0.2) is 16.9 Å². The molecular formula is C5H2F3NO2. The number of ketones is 1. The Balaban J connectivity index is 2.88. The van der Waals surface area contributed by atoms with Gasteiger partial charge >= 0.3 is 12.0 Å². The van der Waals surface area contributed by atoms with E-state index in [2.05, 4.69) is 9.40 Å². The molecule has 11 heavy (non-hydrogen) atoms. The molecule has 0 fully saturated rings. The first-order valence-corrected chi connectivity index (χ1v) is 2.53. The van der Waals surface area contributed by atoms with Crippen LogP contribution in [0.5, 0.6) is 0 Å². The van der Waals surface area contributed by atoms with Crippen molar-refractivity contribution in [2.45, 2.75) is 6.18 Å². The number of aromatic nitrogens is 1. The smallest absolute Gasteiger partial charge is 0.442 e. The normalized spacial score (nSPS) is 11.5. The molecule has 3 nitrogen and oxygen atoms in total. The SMILES string of the molecule is O=C(c1ncco1)C(F)(F)F. The fraction of sp³-hybridized carbons (Fsp3) is 0.200. The molecule has 0 aliphatic rings. The van der Waals surface area contributed by atoms with Crippen LogP contribution in [0, 0.1) is 0 Å². The highest BCUT2D eigenvalue weighted by Crippen LogP contribution is 2.19. The summed E-state index contributed by atoms with van der Waals surface area (Å²) in [5.74, 6) is -3.00. The van der Waals surface area contributed by atoms with Gasteiger partial charge in [0.05, 0.1) is 6.20 Å². The van der Waals surface area contributed by atoms with Crippen molar-refractivity contribution in [2.75, 3.05) is 0 Å². The number of hydrogen-bond donors (Lipinski definition) is 0. The summed E-state index contributed by atoms with van der Waals surface area (Å²) in [5.41, 5.74) is 0. The summed E-state index contributed by atoms with van der Waals surface area (Å²) in [6, 6.07) is 0. The first kappa shape index (κ1) is 7.77. The van der Waals surface area contributed by atoms with E-state index in [0.29, 0.717) is 0 Å². The highest BCUT2D eigenvalue weighted by atomic mass is 19.4. The van der Waals surface area contributed by atoms with Crippen LogP contribution in [-0.2, 0) is 0 Å². The first-order chi connectivity index (χ1) is 5.02. The maximum Gasteiger partial charge on any atom is 0.459 e. The number of carbonyl (C=O) groups is 1. The summed E-state index contributed by atoms with van der Waals surface area (Å²) >= 11 is 0. The lowest BCUT2D eigenvalue weighted by Gasteiger charge is -1.98. The molecule has 0 saturated carbocycles. The number of nitrogens with zero attached hydrogens (tertiary/aromatic N) is 1. The van der Waals surface area contributed by atoms with Crippen molar-refractivity contribution in [3.05, 3.63) is 18.4 Å². The van der Waals surface area contributed by atoms with Gasteiger partial charge in [-0.15, -0.1) is 0 Å². The summed E-state index contributed by atoms with van der Waals surface area (Å²) in [5, 5.41) is 0. The third-order valence-electron chi connectivity index (χ3n) is 0.884. The zero-order valence-corrected chi connectivity index (χ0v) is 5.05. The Morgan fingerprint density at radius 3 is 2.55 bits per heavy atom. The molecule has 1 aromatic rings. The van der Waals surface area contributed by atoms with Crippen LogP contribution in [0.25, 0.3) is 0 Å². The largest absolute Gasteiger partial charge is 0.459 e. The predicted molar refractivity (Wildman–Crippen MR) is 26.9 cm³/mol. The minimum absolute atomic E-state index is 0.902. The molecule has 1 aromatic heterocycles. The monoisotopic (exact) mass is 165 g/mol. The minimum atomic E-state index is -4.91. The summed E-state index contributed by atoms with van der Waals surface area (Å²) in [7, 11) is 0. The number of halogens is 3. The molecule has 1 heterocycles. The quantitative estimate of drug-likeness (QED) is 0.591. The standard InChI is InChI=1S/C5H2F3NO2/c6-5(7,8)3(10)4-9-1-2-11-4/h1-2H. The average molecular weight is 165 g/mol. The van der Waals surface area contributed by atoms with E-state index in [1.807, 2.05) is 0 Å².